The Bertz CT molecular complexity index is 581. The molecule has 0 unspecified atom stereocenters. The Morgan fingerprint density at radius 2 is 2.20 bits per heavy atom. The minimum absolute atomic E-state index is 0.0507. The van der Waals surface area contributed by atoms with Crippen molar-refractivity contribution in [3.05, 3.63) is 40.0 Å². The van der Waals surface area contributed by atoms with E-state index in [9.17, 15) is 4.79 Å². The predicted molar refractivity (Wildman–Crippen MR) is 85.0 cm³/mol. The Hall–Kier alpha value is -1.46. The van der Waals surface area contributed by atoms with E-state index in [0.29, 0.717) is 11.0 Å². The lowest BCUT2D eigenvalue weighted by molar-refractivity contribution is -0.111. The van der Waals surface area contributed by atoms with E-state index in [0.717, 1.165) is 11.1 Å². The summed E-state index contributed by atoms with van der Waals surface area (Å²) in [5.41, 5.74) is 1.80. The highest BCUT2D eigenvalue weighted by atomic mass is 32.1. The van der Waals surface area contributed by atoms with E-state index in [4.69, 9.17) is 0 Å². The summed E-state index contributed by atoms with van der Waals surface area (Å²) in [7, 11) is 0. The van der Waals surface area contributed by atoms with Gasteiger partial charge < -0.3 is 0 Å². The second-order valence-corrected chi connectivity index (χ2v) is 6.60. The molecule has 1 fully saturated rings. The molecule has 1 amide bonds. The van der Waals surface area contributed by atoms with Crippen LogP contribution in [0.1, 0.15) is 31.2 Å². The Morgan fingerprint density at radius 1 is 1.35 bits per heavy atom. The van der Waals surface area contributed by atoms with Crippen molar-refractivity contribution in [2.45, 2.75) is 25.7 Å². The summed E-state index contributed by atoms with van der Waals surface area (Å²) in [6, 6.07) is 2.01. The number of carbonyl (C=O) groups excluding carboxylic acids is 1. The number of carbonyl (C=O) groups is 1. The highest BCUT2D eigenvalue weighted by molar-refractivity contribution is 7.13. The van der Waals surface area contributed by atoms with Crippen LogP contribution in [0.3, 0.4) is 0 Å². The third kappa shape index (κ3) is 3.16. The molecule has 0 aliphatic heterocycles. The number of thiophene rings is 1. The molecule has 0 atom stereocenters. The van der Waals surface area contributed by atoms with E-state index in [2.05, 4.69) is 16.4 Å². The zero-order valence-electron chi connectivity index (χ0n) is 11.0. The first-order valence-electron chi connectivity index (χ1n) is 6.78. The molecule has 1 saturated carbocycles. The number of aromatic nitrogens is 1. The molecule has 2 aromatic rings. The van der Waals surface area contributed by atoms with Gasteiger partial charge in [-0.3, -0.25) is 10.1 Å². The molecule has 2 heterocycles. The zero-order chi connectivity index (χ0) is 13.8. The van der Waals surface area contributed by atoms with E-state index in [1.807, 2.05) is 22.2 Å². The second kappa shape index (κ2) is 6.33. The van der Waals surface area contributed by atoms with Gasteiger partial charge in [0.15, 0.2) is 5.13 Å². The van der Waals surface area contributed by atoms with Gasteiger partial charge in [0.1, 0.15) is 0 Å². The fourth-order valence-corrected chi connectivity index (χ4v) is 3.71. The van der Waals surface area contributed by atoms with E-state index in [1.165, 1.54) is 37.0 Å². The van der Waals surface area contributed by atoms with Gasteiger partial charge in [-0.15, -0.1) is 11.3 Å². The van der Waals surface area contributed by atoms with Gasteiger partial charge in [0.2, 0.25) is 0 Å². The third-order valence-corrected chi connectivity index (χ3v) is 4.90. The fourth-order valence-electron chi connectivity index (χ4n) is 2.53. The highest BCUT2D eigenvalue weighted by Crippen LogP contribution is 2.30. The molecule has 104 valence electrons. The van der Waals surface area contributed by atoms with Crippen LogP contribution >= 0.6 is 22.7 Å². The van der Waals surface area contributed by atoms with E-state index in [-0.39, 0.29) is 5.91 Å². The van der Waals surface area contributed by atoms with E-state index < -0.39 is 0 Å². The van der Waals surface area contributed by atoms with Crippen LogP contribution in [-0.4, -0.2) is 10.9 Å². The van der Waals surface area contributed by atoms with Crippen molar-refractivity contribution >= 4 is 39.3 Å². The van der Waals surface area contributed by atoms with Crippen molar-refractivity contribution in [1.82, 2.24) is 4.98 Å². The van der Waals surface area contributed by atoms with Crippen LogP contribution in [0, 0.1) is 5.92 Å². The van der Waals surface area contributed by atoms with Crippen LogP contribution in [0.25, 0.3) is 5.57 Å². The van der Waals surface area contributed by atoms with Gasteiger partial charge in [0.05, 0.1) is 0 Å². The summed E-state index contributed by atoms with van der Waals surface area (Å²) in [5.74, 6) is 0.484. The Morgan fingerprint density at radius 3 is 2.85 bits per heavy atom. The second-order valence-electron chi connectivity index (χ2n) is 4.93. The molecule has 3 nitrogen and oxygen atoms in total. The molecule has 2 aromatic heterocycles. The molecular formula is C15H16N2OS2. The van der Waals surface area contributed by atoms with E-state index in [1.54, 1.807) is 17.5 Å². The van der Waals surface area contributed by atoms with Crippen molar-refractivity contribution in [3.63, 3.8) is 0 Å². The fraction of sp³-hybridized carbons (Fsp3) is 0.333. The Kier molecular flexibility index (Phi) is 4.28. The molecular weight excluding hydrogens is 288 g/mol. The summed E-state index contributed by atoms with van der Waals surface area (Å²) in [6.07, 6.45) is 8.78. The average Bonchev–Trinajstić information content (AvgIpc) is 3.19. The number of nitrogens with zero attached hydrogens (tertiary/aromatic N) is 1. The quantitative estimate of drug-likeness (QED) is 0.850. The largest absolute Gasteiger partial charge is 0.298 e. The average molecular weight is 304 g/mol. The van der Waals surface area contributed by atoms with Crippen molar-refractivity contribution < 1.29 is 4.79 Å². The van der Waals surface area contributed by atoms with Gasteiger partial charge in [-0.25, -0.2) is 4.98 Å². The maximum atomic E-state index is 12.5. The van der Waals surface area contributed by atoms with Gasteiger partial charge in [-0.1, -0.05) is 18.9 Å². The molecule has 1 aliphatic rings. The predicted octanol–water partition coefficient (Wildman–Crippen LogP) is 4.42. The molecule has 0 aromatic carbocycles. The minimum atomic E-state index is -0.0507. The van der Waals surface area contributed by atoms with E-state index >= 15 is 0 Å². The maximum Gasteiger partial charge on any atom is 0.257 e. The topological polar surface area (TPSA) is 42.0 Å². The maximum absolute atomic E-state index is 12.5. The molecule has 1 N–H and O–H groups in total. The number of rotatable bonds is 4. The first-order chi connectivity index (χ1) is 9.83. The van der Waals surface area contributed by atoms with Gasteiger partial charge in [0, 0.05) is 17.2 Å². The van der Waals surface area contributed by atoms with Crippen LogP contribution in [0.15, 0.2) is 34.5 Å². The minimum Gasteiger partial charge on any atom is -0.298 e. The van der Waals surface area contributed by atoms with Crippen molar-refractivity contribution in [2.24, 2.45) is 5.92 Å². The third-order valence-electron chi connectivity index (χ3n) is 3.53. The molecule has 0 spiro atoms. The Labute approximate surface area is 126 Å². The number of nitrogens with one attached hydrogen (secondary N) is 1. The smallest absolute Gasteiger partial charge is 0.257 e. The molecule has 1 aliphatic carbocycles. The summed E-state index contributed by atoms with van der Waals surface area (Å²) in [5, 5.41) is 9.44. The molecule has 3 rings (SSSR count). The monoisotopic (exact) mass is 304 g/mol. The number of hydrogen-bond acceptors (Lipinski definition) is 4. The Balaban J connectivity index is 1.83. The lowest BCUT2D eigenvalue weighted by Gasteiger charge is -2.09. The van der Waals surface area contributed by atoms with Crippen LogP contribution in [-0.2, 0) is 4.79 Å². The number of thiazole rings is 1. The number of anilines is 1. The zero-order valence-corrected chi connectivity index (χ0v) is 12.7. The molecule has 0 saturated heterocycles. The summed E-state index contributed by atoms with van der Waals surface area (Å²) < 4.78 is 0. The number of hydrogen-bond donors (Lipinski definition) is 1. The van der Waals surface area contributed by atoms with Gasteiger partial charge in [-0.2, -0.15) is 11.3 Å². The van der Waals surface area contributed by atoms with Gasteiger partial charge in [0.25, 0.3) is 5.91 Å². The molecule has 0 radical (unpaired) electrons. The molecule has 0 bridgehead atoms. The molecule has 20 heavy (non-hydrogen) atoms. The SMILES string of the molecule is O=C(Nc1nccs1)/C(=C/C1CCCC1)c1ccsc1. The van der Waals surface area contributed by atoms with Crippen LogP contribution in [0.2, 0.25) is 0 Å². The molecule has 5 heteroatoms. The first kappa shape index (κ1) is 13.5. The van der Waals surface area contributed by atoms with Crippen LogP contribution < -0.4 is 5.32 Å². The number of amides is 1. The van der Waals surface area contributed by atoms with Gasteiger partial charge >= 0.3 is 0 Å². The lowest BCUT2D eigenvalue weighted by Crippen LogP contribution is -2.14. The summed E-state index contributed by atoms with van der Waals surface area (Å²) in [6.45, 7) is 0. The number of allylic oxidation sites excluding steroid dienone is 1. The van der Waals surface area contributed by atoms with Crippen molar-refractivity contribution in [3.8, 4) is 0 Å². The normalized spacial score (nSPS) is 16.5. The van der Waals surface area contributed by atoms with Crippen molar-refractivity contribution in [1.29, 1.82) is 0 Å². The summed E-state index contributed by atoms with van der Waals surface area (Å²) in [4.78, 5) is 16.6. The lowest BCUT2D eigenvalue weighted by atomic mass is 10.00. The van der Waals surface area contributed by atoms with Crippen molar-refractivity contribution in [2.75, 3.05) is 5.32 Å². The summed E-state index contributed by atoms with van der Waals surface area (Å²) >= 11 is 3.06. The first-order valence-corrected chi connectivity index (χ1v) is 8.60. The highest BCUT2D eigenvalue weighted by Gasteiger charge is 2.19. The van der Waals surface area contributed by atoms with Gasteiger partial charge in [-0.05, 0) is 41.1 Å². The van der Waals surface area contributed by atoms with Crippen LogP contribution in [0.4, 0.5) is 5.13 Å². The van der Waals surface area contributed by atoms with Crippen LogP contribution in [0.5, 0.6) is 0 Å². The standard InChI is InChI=1S/C15H16N2OS2/c18-14(17-15-16-6-8-20-15)13(12-5-7-19-10-12)9-11-3-1-2-4-11/h5-11H,1-4H2,(H,16,17,18)/b13-9+.